The average molecular weight is 641 g/mol. The minimum Gasteiger partial charge on any atom is -0.508 e. The number of rotatable bonds is 19. The van der Waals surface area contributed by atoms with Crippen molar-refractivity contribution in [3.05, 3.63) is 108 Å². The number of phenols is 3. The second kappa shape index (κ2) is 20.2. The summed E-state index contributed by atoms with van der Waals surface area (Å²) in [4.78, 5) is 42.0. The zero-order valence-electron chi connectivity index (χ0n) is 26.4. The fourth-order valence-electron chi connectivity index (χ4n) is 4.57. The minimum absolute atomic E-state index is 0.0751. The molecule has 248 valence electrons. The third-order valence-corrected chi connectivity index (χ3v) is 7.18. The van der Waals surface area contributed by atoms with Gasteiger partial charge in [0.1, 0.15) is 23.3 Å². The summed E-state index contributed by atoms with van der Waals surface area (Å²) in [5, 5.41) is 35.5. The van der Waals surface area contributed by atoms with Gasteiger partial charge in [0.25, 0.3) is 11.8 Å². The van der Waals surface area contributed by atoms with E-state index in [9.17, 15) is 29.7 Å². The number of unbranched alkanes of at least 4 members (excludes halogenated alkanes) is 1. The van der Waals surface area contributed by atoms with E-state index in [2.05, 4.69) is 10.6 Å². The maximum absolute atomic E-state index is 13.7. The molecule has 0 fully saturated rings. The Balaban J connectivity index is 1.83. The first-order valence-corrected chi connectivity index (χ1v) is 15.7. The van der Waals surface area contributed by atoms with Crippen LogP contribution in [0.2, 0.25) is 0 Å². The van der Waals surface area contributed by atoms with Crippen molar-refractivity contribution >= 4 is 35.8 Å². The predicted octanol–water partition coefficient (Wildman–Crippen LogP) is 4.23. The molecule has 0 aliphatic rings. The molecule has 3 aromatic rings. The molecule has 47 heavy (non-hydrogen) atoms. The van der Waals surface area contributed by atoms with Crippen LogP contribution < -0.4 is 16.4 Å². The van der Waals surface area contributed by atoms with Gasteiger partial charge in [-0.25, -0.2) is 0 Å². The number of nitrogens with zero attached hydrogens (tertiary/aromatic N) is 1. The lowest BCUT2D eigenvalue weighted by Gasteiger charge is -2.27. The molecular weight excluding hydrogens is 596 g/mol. The van der Waals surface area contributed by atoms with Crippen molar-refractivity contribution in [3.63, 3.8) is 0 Å². The number of hydrogen-bond donors (Lipinski definition) is 6. The molecule has 10 heteroatoms. The fraction of sp³-hybridized carbons (Fsp3) is 0.270. The van der Waals surface area contributed by atoms with Gasteiger partial charge in [0.05, 0.1) is 0 Å². The number of carbonyl (C=O) groups is 3. The van der Waals surface area contributed by atoms with Crippen molar-refractivity contribution in [1.82, 2.24) is 15.5 Å². The third kappa shape index (κ3) is 13.5. The van der Waals surface area contributed by atoms with E-state index in [0.717, 1.165) is 37.3 Å². The topological polar surface area (TPSA) is 165 Å². The second-order valence-electron chi connectivity index (χ2n) is 10.9. The molecule has 0 aliphatic heterocycles. The predicted molar refractivity (Wildman–Crippen MR) is 185 cm³/mol. The van der Waals surface area contributed by atoms with Gasteiger partial charge in [0.2, 0.25) is 0 Å². The van der Waals surface area contributed by atoms with Crippen LogP contribution >= 0.6 is 0 Å². The highest BCUT2D eigenvalue weighted by Gasteiger charge is 2.31. The van der Waals surface area contributed by atoms with E-state index in [0.29, 0.717) is 36.3 Å². The smallest absolute Gasteiger partial charge is 0.254 e. The van der Waals surface area contributed by atoms with Crippen LogP contribution in [-0.4, -0.2) is 76.6 Å². The average Bonchev–Trinajstić information content (AvgIpc) is 3.07. The Bertz CT molecular complexity index is 1430. The van der Waals surface area contributed by atoms with E-state index in [4.69, 9.17) is 5.73 Å². The number of aromatic hydroxyl groups is 3. The number of ketones is 1. The molecule has 0 bridgehead atoms. The van der Waals surface area contributed by atoms with Gasteiger partial charge in [-0.2, -0.15) is 0 Å². The van der Waals surface area contributed by atoms with Crippen LogP contribution in [0.25, 0.3) is 18.2 Å². The van der Waals surface area contributed by atoms with Crippen molar-refractivity contribution in [1.29, 1.82) is 0 Å². The molecule has 0 saturated heterocycles. The molecule has 7 N–H and O–H groups in total. The molecular formula is C37H44N4O6. The van der Waals surface area contributed by atoms with Gasteiger partial charge in [-0.05, 0) is 130 Å². The summed E-state index contributed by atoms with van der Waals surface area (Å²) < 4.78 is 0. The lowest BCUT2D eigenvalue weighted by molar-refractivity contribution is -0.145. The molecule has 0 heterocycles. The summed E-state index contributed by atoms with van der Waals surface area (Å²) in [7, 11) is 0. The number of hydrogen-bond acceptors (Lipinski definition) is 9. The number of phenolic OH excluding ortho intramolecular Hbond substituents is 3. The van der Waals surface area contributed by atoms with Gasteiger partial charge >= 0.3 is 0 Å². The van der Waals surface area contributed by atoms with E-state index in [-0.39, 0.29) is 23.7 Å². The molecule has 1 unspecified atom stereocenters. The molecule has 3 rings (SSSR count). The summed E-state index contributed by atoms with van der Waals surface area (Å²) in [5.74, 6) is -1.57. The lowest BCUT2D eigenvalue weighted by atomic mass is 10.0. The van der Waals surface area contributed by atoms with Gasteiger partial charge in [0.15, 0.2) is 5.78 Å². The van der Waals surface area contributed by atoms with Crippen molar-refractivity contribution in [2.24, 2.45) is 5.73 Å². The SMILES string of the molecule is NCCCNCCCCNCCC(C(=O)C=Cc1ccc(O)cc1)N(C(=O)C=Cc1ccc(O)cc1)C(=O)C=Cc1ccc(O)cc1. The van der Waals surface area contributed by atoms with Crippen LogP contribution in [0.4, 0.5) is 0 Å². The molecule has 0 aromatic heterocycles. The maximum atomic E-state index is 13.7. The molecule has 1 atom stereocenters. The molecule has 0 saturated carbocycles. The van der Waals surface area contributed by atoms with Gasteiger partial charge in [-0.3, -0.25) is 19.3 Å². The molecule has 0 spiro atoms. The van der Waals surface area contributed by atoms with Crippen molar-refractivity contribution in [2.75, 3.05) is 32.7 Å². The zero-order valence-corrected chi connectivity index (χ0v) is 26.4. The zero-order chi connectivity index (χ0) is 33.9. The molecule has 10 nitrogen and oxygen atoms in total. The van der Waals surface area contributed by atoms with Crippen LogP contribution in [0.5, 0.6) is 17.2 Å². The minimum atomic E-state index is -1.12. The summed E-state index contributed by atoms with van der Waals surface area (Å²) in [6.45, 7) is 3.49. The van der Waals surface area contributed by atoms with Crippen LogP contribution in [0.1, 0.15) is 42.4 Å². The second-order valence-corrected chi connectivity index (χ2v) is 10.9. The highest BCUT2D eigenvalue weighted by Crippen LogP contribution is 2.17. The Hall–Kier alpha value is -5.03. The Morgan fingerprint density at radius 2 is 0.979 bits per heavy atom. The van der Waals surface area contributed by atoms with Crippen molar-refractivity contribution in [3.8, 4) is 17.2 Å². The van der Waals surface area contributed by atoms with E-state index in [1.54, 1.807) is 42.5 Å². The quantitative estimate of drug-likeness (QED) is 0.0831. The monoisotopic (exact) mass is 640 g/mol. The van der Waals surface area contributed by atoms with Crippen LogP contribution in [0.3, 0.4) is 0 Å². The molecule has 2 amide bonds. The molecule has 0 aliphatic carbocycles. The summed E-state index contributed by atoms with van der Waals surface area (Å²) in [6.07, 6.45) is 11.4. The number of nitrogens with two attached hydrogens (primary N) is 1. The number of imide groups is 1. The van der Waals surface area contributed by atoms with Crippen LogP contribution in [0.15, 0.2) is 91.0 Å². The first-order chi connectivity index (χ1) is 22.8. The third-order valence-electron chi connectivity index (χ3n) is 7.18. The van der Waals surface area contributed by atoms with Crippen molar-refractivity contribution < 1.29 is 29.7 Å². The van der Waals surface area contributed by atoms with Gasteiger partial charge in [-0.1, -0.05) is 42.5 Å². The lowest BCUT2D eigenvalue weighted by Crippen LogP contribution is -2.48. The van der Waals surface area contributed by atoms with Crippen molar-refractivity contribution in [2.45, 2.75) is 31.7 Å². The fourth-order valence-corrected chi connectivity index (χ4v) is 4.57. The standard InChI is InChI=1S/C37H44N4O6/c38-23-3-26-39-24-1-2-25-40-27-22-34(35(45)19-10-28-4-13-31(42)14-5-28)41(36(46)20-11-29-6-15-32(43)16-7-29)37(47)21-12-30-8-17-33(44)18-9-30/h4-21,34,39-40,42-44H,1-3,22-27,38H2. The molecule has 3 aromatic carbocycles. The first kappa shape index (κ1) is 36.4. The normalized spacial score (nSPS) is 12.2. The highest BCUT2D eigenvalue weighted by atomic mass is 16.3. The summed E-state index contributed by atoms with van der Waals surface area (Å²) in [6, 6.07) is 17.6. The van der Waals surface area contributed by atoms with E-state index >= 15 is 0 Å². The Labute approximate surface area is 275 Å². The number of nitrogens with one attached hydrogen (secondary N) is 2. The van der Waals surface area contributed by atoms with E-state index in [1.165, 1.54) is 66.8 Å². The number of carbonyl (C=O) groups excluding carboxylic acids is 3. The van der Waals surface area contributed by atoms with E-state index < -0.39 is 23.6 Å². The van der Waals surface area contributed by atoms with Gasteiger partial charge in [0, 0.05) is 12.2 Å². The van der Waals surface area contributed by atoms with E-state index in [1.807, 2.05) is 0 Å². The molecule has 0 radical (unpaired) electrons. The number of amides is 2. The Kier molecular flexibility index (Phi) is 15.6. The first-order valence-electron chi connectivity index (χ1n) is 15.7. The van der Waals surface area contributed by atoms with Crippen LogP contribution in [0, 0.1) is 0 Å². The summed E-state index contributed by atoms with van der Waals surface area (Å²) in [5.41, 5.74) is 7.43. The van der Waals surface area contributed by atoms with Gasteiger partial charge in [-0.15, -0.1) is 0 Å². The number of benzene rings is 3. The maximum Gasteiger partial charge on any atom is 0.254 e. The Morgan fingerprint density at radius 3 is 1.40 bits per heavy atom. The highest BCUT2D eigenvalue weighted by molar-refractivity contribution is 6.12. The Morgan fingerprint density at radius 1 is 0.596 bits per heavy atom. The van der Waals surface area contributed by atoms with Gasteiger partial charge < -0.3 is 31.7 Å². The summed E-state index contributed by atoms with van der Waals surface area (Å²) >= 11 is 0. The van der Waals surface area contributed by atoms with Crippen LogP contribution in [-0.2, 0) is 14.4 Å². The largest absolute Gasteiger partial charge is 0.508 e.